The van der Waals surface area contributed by atoms with Crippen LogP contribution in [0.2, 0.25) is 0 Å². The van der Waals surface area contributed by atoms with E-state index in [0.717, 1.165) is 5.82 Å². The normalized spacial score (nSPS) is 16.2. The van der Waals surface area contributed by atoms with Gasteiger partial charge in [0.25, 0.3) is 0 Å². The first-order valence-corrected chi connectivity index (χ1v) is 4.52. The highest BCUT2D eigenvalue weighted by Crippen LogP contribution is 2.22. The van der Waals surface area contributed by atoms with Crippen LogP contribution in [0.1, 0.15) is 32.6 Å². The molecule has 1 rings (SSSR count). The molecule has 0 spiro atoms. The van der Waals surface area contributed by atoms with E-state index in [0.29, 0.717) is 11.8 Å². The Kier molecular flexibility index (Phi) is 2.98. The van der Waals surface area contributed by atoms with Crippen LogP contribution in [0.4, 0.5) is 0 Å². The summed E-state index contributed by atoms with van der Waals surface area (Å²) in [6, 6.07) is -0.0833. The number of hydrogen-bond donors (Lipinski definition) is 1. The van der Waals surface area contributed by atoms with Gasteiger partial charge in [0.15, 0.2) is 5.82 Å². The van der Waals surface area contributed by atoms with Crippen molar-refractivity contribution in [1.29, 1.82) is 0 Å². The summed E-state index contributed by atoms with van der Waals surface area (Å²) in [6.07, 6.45) is 0. The summed E-state index contributed by atoms with van der Waals surface area (Å²) in [5.41, 5.74) is 6.02. The van der Waals surface area contributed by atoms with Crippen molar-refractivity contribution >= 4 is 0 Å². The van der Waals surface area contributed by atoms with Crippen LogP contribution < -0.4 is 5.73 Å². The molecular weight excluding hydrogens is 166 g/mol. The molecule has 13 heavy (non-hydrogen) atoms. The number of aromatic nitrogens is 4. The Morgan fingerprint density at radius 2 is 1.92 bits per heavy atom. The van der Waals surface area contributed by atoms with E-state index >= 15 is 0 Å². The lowest BCUT2D eigenvalue weighted by atomic mass is 9.90. The molecule has 0 radical (unpaired) electrons. The molecule has 0 aliphatic heterocycles. The largest absolute Gasteiger partial charge is 0.321 e. The summed E-state index contributed by atoms with van der Waals surface area (Å²) in [5.74, 6) is 1.66. The van der Waals surface area contributed by atoms with Crippen LogP contribution in [0.25, 0.3) is 0 Å². The molecule has 5 nitrogen and oxygen atoms in total. The number of nitrogens with two attached hydrogens (primary N) is 1. The van der Waals surface area contributed by atoms with Gasteiger partial charge in [-0.3, -0.25) is 0 Å². The minimum absolute atomic E-state index is 0.0833. The average molecular weight is 183 g/mol. The topological polar surface area (TPSA) is 69.6 Å². The Morgan fingerprint density at radius 1 is 1.31 bits per heavy atom. The quantitative estimate of drug-likeness (QED) is 0.741. The first kappa shape index (κ1) is 10.1. The summed E-state index contributed by atoms with van der Waals surface area (Å²) in [7, 11) is 1.81. The number of hydrogen-bond acceptors (Lipinski definition) is 4. The van der Waals surface area contributed by atoms with Crippen molar-refractivity contribution in [3.8, 4) is 0 Å². The van der Waals surface area contributed by atoms with Crippen LogP contribution in [-0.2, 0) is 7.05 Å². The van der Waals surface area contributed by atoms with Crippen molar-refractivity contribution in [2.24, 2.45) is 24.6 Å². The number of aryl methyl sites for hydroxylation is 1. The van der Waals surface area contributed by atoms with Crippen molar-refractivity contribution in [3.63, 3.8) is 0 Å². The molecule has 0 aliphatic carbocycles. The molecule has 0 fully saturated rings. The smallest absolute Gasteiger partial charge is 0.168 e. The van der Waals surface area contributed by atoms with Gasteiger partial charge in [0.2, 0.25) is 0 Å². The second-order valence-electron chi connectivity index (χ2n) is 3.79. The van der Waals surface area contributed by atoms with Crippen LogP contribution in [0.5, 0.6) is 0 Å². The van der Waals surface area contributed by atoms with Gasteiger partial charge in [-0.15, -0.1) is 5.10 Å². The maximum Gasteiger partial charge on any atom is 0.168 e. The molecule has 0 bridgehead atoms. The van der Waals surface area contributed by atoms with E-state index in [9.17, 15) is 0 Å². The SMILES string of the molecule is CC(C)C(C)C(N)c1nnnn1C. The van der Waals surface area contributed by atoms with Gasteiger partial charge in [0, 0.05) is 7.05 Å². The number of tetrazole rings is 1. The van der Waals surface area contributed by atoms with Gasteiger partial charge in [-0.05, 0) is 22.3 Å². The third-order valence-electron chi connectivity index (χ3n) is 2.57. The Morgan fingerprint density at radius 3 is 2.31 bits per heavy atom. The summed E-state index contributed by atoms with van der Waals surface area (Å²) < 4.78 is 1.63. The lowest BCUT2D eigenvalue weighted by Gasteiger charge is -2.21. The molecule has 1 heterocycles. The fraction of sp³-hybridized carbons (Fsp3) is 0.875. The molecule has 0 aromatic carbocycles. The van der Waals surface area contributed by atoms with Crippen molar-refractivity contribution in [1.82, 2.24) is 20.2 Å². The summed E-state index contributed by atoms with van der Waals surface area (Å²) in [6.45, 7) is 6.41. The van der Waals surface area contributed by atoms with E-state index in [2.05, 4.69) is 36.3 Å². The number of rotatable bonds is 3. The van der Waals surface area contributed by atoms with E-state index < -0.39 is 0 Å². The third kappa shape index (κ3) is 2.03. The van der Waals surface area contributed by atoms with Gasteiger partial charge < -0.3 is 5.73 Å². The van der Waals surface area contributed by atoms with Crippen LogP contribution in [0.15, 0.2) is 0 Å². The standard InChI is InChI=1S/C8H17N5/c1-5(2)6(3)7(9)8-10-11-12-13(8)4/h5-7H,9H2,1-4H3. The van der Waals surface area contributed by atoms with E-state index in [1.165, 1.54) is 0 Å². The predicted molar refractivity (Wildman–Crippen MR) is 49.7 cm³/mol. The molecule has 74 valence electrons. The van der Waals surface area contributed by atoms with Gasteiger partial charge >= 0.3 is 0 Å². The van der Waals surface area contributed by atoms with Crippen LogP contribution in [0, 0.1) is 11.8 Å². The minimum Gasteiger partial charge on any atom is -0.321 e. The molecule has 5 heteroatoms. The summed E-state index contributed by atoms with van der Waals surface area (Å²) in [5, 5.41) is 11.2. The van der Waals surface area contributed by atoms with Crippen molar-refractivity contribution in [2.75, 3.05) is 0 Å². The molecule has 1 aromatic heterocycles. The Bertz CT molecular complexity index is 267. The van der Waals surface area contributed by atoms with Crippen LogP contribution >= 0.6 is 0 Å². The fourth-order valence-corrected chi connectivity index (χ4v) is 1.17. The highest BCUT2D eigenvalue weighted by Gasteiger charge is 2.22. The first-order valence-electron chi connectivity index (χ1n) is 4.52. The molecular formula is C8H17N5. The molecule has 2 unspecified atom stereocenters. The van der Waals surface area contributed by atoms with E-state index in [1.54, 1.807) is 4.68 Å². The molecule has 0 amide bonds. The second-order valence-corrected chi connectivity index (χ2v) is 3.79. The first-order chi connectivity index (χ1) is 6.04. The van der Waals surface area contributed by atoms with Gasteiger partial charge in [-0.1, -0.05) is 20.8 Å². The Hall–Kier alpha value is -0.970. The molecule has 1 aromatic rings. The molecule has 0 saturated heterocycles. The zero-order chi connectivity index (χ0) is 10.0. The molecule has 0 saturated carbocycles. The third-order valence-corrected chi connectivity index (χ3v) is 2.57. The fourth-order valence-electron chi connectivity index (χ4n) is 1.17. The molecule has 0 aliphatic rings. The van der Waals surface area contributed by atoms with Crippen LogP contribution in [-0.4, -0.2) is 20.2 Å². The maximum absolute atomic E-state index is 6.02. The lowest BCUT2D eigenvalue weighted by Crippen LogP contribution is -2.26. The van der Waals surface area contributed by atoms with Crippen LogP contribution in [0.3, 0.4) is 0 Å². The van der Waals surface area contributed by atoms with E-state index in [-0.39, 0.29) is 6.04 Å². The van der Waals surface area contributed by atoms with Crippen molar-refractivity contribution < 1.29 is 0 Å². The van der Waals surface area contributed by atoms with Gasteiger partial charge in [0.05, 0.1) is 6.04 Å². The maximum atomic E-state index is 6.02. The molecule has 2 N–H and O–H groups in total. The lowest BCUT2D eigenvalue weighted by molar-refractivity contribution is 0.335. The van der Waals surface area contributed by atoms with E-state index in [1.807, 2.05) is 7.05 Å². The van der Waals surface area contributed by atoms with Gasteiger partial charge in [0.1, 0.15) is 0 Å². The Labute approximate surface area is 78.3 Å². The second kappa shape index (κ2) is 3.83. The number of nitrogens with zero attached hydrogens (tertiary/aromatic N) is 4. The highest BCUT2D eigenvalue weighted by molar-refractivity contribution is 4.92. The minimum atomic E-state index is -0.0833. The zero-order valence-corrected chi connectivity index (χ0v) is 8.60. The predicted octanol–water partition coefficient (Wildman–Crippen LogP) is 0.502. The zero-order valence-electron chi connectivity index (χ0n) is 8.60. The highest BCUT2D eigenvalue weighted by atomic mass is 15.5. The summed E-state index contributed by atoms with van der Waals surface area (Å²) >= 11 is 0. The molecule has 2 atom stereocenters. The van der Waals surface area contributed by atoms with Crippen molar-refractivity contribution in [3.05, 3.63) is 5.82 Å². The monoisotopic (exact) mass is 183 g/mol. The van der Waals surface area contributed by atoms with Crippen molar-refractivity contribution in [2.45, 2.75) is 26.8 Å². The van der Waals surface area contributed by atoms with E-state index in [4.69, 9.17) is 5.73 Å². The summed E-state index contributed by atoms with van der Waals surface area (Å²) in [4.78, 5) is 0. The van der Waals surface area contributed by atoms with Gasteiger partial charge in [-0.25, -0.2) is 4.68 Å². The average Bonchev–Trinajstić information content (AvgIpc) is 2.48. The van der Waals surface area contributed by atoms with Gasteiger partial charge in [-0.2, -0.15) is 0 Å². The Balaban J connectivity index is 2.79.